The predicted molar refractivity (Wildman–Crippen MR) is 102 cm³/mol. The zero-order valence-electron chi connectivity index (χ0n) is 15.3. The Hall–Kier alpha value is -2.64. The molecule has 0 heterocycles. The van der Waals surface area contributed by atoms with Gasteiger partial charge in [-0.15, -0.1) is 0 Å². The number of aliphatic hydroxyl groups is 1. The summed E-state index contributed by atoms with van der Waals surface area (Å²) >= 11 is 0. The molecule has 3 rings (SSSR count). The zero-order valence-corrected chi connectivity index (χ0v) is 15.3. The van der Waals surface area contributed by atoms with E-state index < -0.39 is 0 Å². The van der Waals surface area contributed by atoms with Gasteiger partial charge in [-0.1, -0.05) is 24.6 Å². The summed E-state index contributed by atoms with van der Waals surface area (Å²) in [5.74, 6) is -0.0205. The number of aryl methyl sites for hydroxylation is 1. The van der Waals surface area contributed by atoms with Crippen molar-refractivity contribution < 1.29 is 9.90 Å². The number of carbonyl (C=O) groups is 1. The Kier molecular flexibility index (Phi) is 5.11. The van der Waals surface area contributed by atoms with Crippen LogP contribution in [-0.2, 0) is 0 Å². The van der Waals surface area contributed by atoms with Crippen LogP contribution in [0.15, 0.2) is 42.5 Å². The van der Waals surface area contributed by atoms with E-state index in [1.165, 1.54) is 0 Å². The fraction of sp³-hybridized carbons (Fsp3) is 0.364. The van der Waals surface area contributed by atoms with Gasteiger partial charge in [-0.25, -0.2) is 0 Å². The molecule has 4 heteroatoms. The number of aliphatic hydroxyl groups excluding tert-OH is 1. The highest BCUT2D eigenvalue weighted by atomic mass is 16.3. The molecule has 0 atom stereocenters. The Morgan fingerprint density at radius 1 is 1.23 bits per heavy atom. The standard InChI is InChI=1S/C22H24N2O2/c1-16-12-17(13-23)4-9-20(16)18-5-7-19(8-6-18)21(26)24(2)14-22(15-25)10-3-11-22/h4-9,12,25H,3,10-11,14-15H2,1-2H3. The minimum absolute atomic E-state index is 0.0205. The Morgan fingerprint density at radius 2 is 1.92 bits per heavy atom. The molecule has 1 aliphatic rings. The Labute approximate surface area is 154 Å². The molecule has 4 nitrogen and oxygen atoms in total. The average molecular weight is 348 g/mol. The minimum Gasteiger partial charge on any atom is -0.396 e. The van der Waals surface area contributed by atoms with E-state index in [4.69, 9.17) is 5.26 Å². The number of carbonyl (C=O) groups excluding carboxylic acids is 1. The number of hydrogen-bond donors (Lipinski definition) is 1. The van der Waals surface area contributed by atoms with Crippen LogP contribution in [0.2, 0.25) is 0 Å². The highest BCUT2D eigenvalue weighted by molar-refractivity contribution is 5.94. The second-order valence-corrected chi connectivity index (χ2v) is 7.39. The number of amides is 1. The summed E-state index contributed by atoms with van der Waals surface area (Å²) in [6, 6.07) is 15.3. The molecule has 0 aromatic heterocycles. The first-order valence-electron chi connectivity index (χ1n) is 8.95. The first-order chi connectivity index (χ1) is 12.5. The fourth-order valence-electron chi connectivity index (χ4n) is 3.69. The van der Waals surface area contributed by atoms with Gasteiger partial charge in [0.2, 0.25) is 0 Å². The minimum atomic E-state index is -0.107. The normalized spacial score (nSPS) is 15.0. The molecular weight excluding hydrogens is 324 g/mol. The van der Waals surface area contributed by atoms with Gasteiger partial charge in [0.15, 0.2) is 0 Å². The molecule has 26 heavy (non-hydrogen) atoms. The van der Waals surface area contributed by atoms with E-state index in [-0.39, 0.29) is 17.9 Å². The third-order valence-electron chi connectivity index (χ3n) is 5.47. The highest BCUT2D eigenvalue weighted by Gasteiger charge is 2.38. The van der Waals surface area contributed by atoms with Crippen molar-refractivity contribution in [3.8, 4) is 17.2 Å². The van der Waals surface area contributed by atoms with Gasteiger partial charge in [-0.2, -0.15) is 5.26 Å². The van der Waals surface area contributed by atoms with E-state index in [1.54, 1.807) is 11.9 Å². The van der Waals surface area contributed by atoms with E-state index >= 15 is 0 Å². The summed E-state index contributed by atoms with van der Waals surface area (Å²) < 4.78 is 0. The average Bonchev–Trinajstić information content (AvgIpc) is 2.64. The van der Waals surface area contributed by atoms with Crippen LogP contribution in [0.5, 0.6) is 0 Å². The molecule has 0 saturated heterocycles. The summed E-state index contributed by atoms with van der Waals surface area (Å²) in [5.41, 5.74) is 4.31. The van der Waals surface area contributed by atoms with Crippen molar-refractivity contribution in [2.24, 2.45) is 5.41 Å². The molecule has 0 bridgehead atoms. The molecule has 134 valence electrons. The number of benzene rings is 2. The lowest BCUT2D eigenvalue weighted by Gasteiger charge is -2.42. The molecule has 1 aliphatic carbocycles. The number of hydrogen-bond acceptors (Lipinski definition) is 3. The molecule has 1 fully saturated rings. The van der Waals surface area contributed by atoms with Crippen molar-refractivity contribution >= 4 is 5.91 Å². The molecule has 0 spiro atoms. The van der Waals surface area contributed by atoms with Crippen LogP contribution in [-0.4, -0.2) is 36.1 Å². The van der Waals surface area contributed by atoms with Gasteiger partial charge < -0.3 is 10.0 Å². The van der Waals surface area contributed by atoms with Gasteiger partial charge in [0.1, 0.15) is 0 Å². The van der Waals surface area contributed by atoms with Crippen LogP contribution in [0.3, 0.4) is 0 Å². The highest BCUT2D eigenvalue weighted by Crippen LogP contribution is 2.41. The van der Waals surface area contributed by atoms with Gasteiger partial charge in [0, 0.05) is 24.6 Å². The van der Waals surface area contributed by atoms with Gasteiger partial charge in [-0.05, 0) is 60.7 Å². The van der Waals surface area contributed by atoms with Crippen molar-refractivity contribution in [1.82, 2.24) is 4.90 Å². The van der Waals surface area contributed by atoms with E-state index in [1.807, 2.05) is 49.4 Å². The van der Waals surface area contributed by atoms with Crippen molar-refractivity contribution in [3.63, 3.8) is 0 Å². The van der Waals surface area contributed by atoms with Crippen LogP contribution >= 0.6 is 0 Å². The van der Waals surface area contributed by atoms with Gasteiger partial charge in [0.25, 0.3) is 5.91 Å². The van der Waals surface area contributed by atoms with Gasteiger partial charge >= 0.3 is 0 Å². The fourth-order valence-corrected chi connectivity index (χ4v) is 3.69. The van der Waals surface area contributed by atoms with Crippen molar-refractivity contribution in [2.75, 3.05) is 20.2 Å². The van der Waals surface area contributed by atoms with Gasteiger partial charge in [0.05, 0.1) is 18.2 Å². The summed E-state index contributed by atoms with van der Waals surface area (Å²) in [4.78, 5) is 14.4. The Balaban J connectivity index is 1.75. The summed E-state index contributed by atoms with van der Waals surface area (Å²) in [7, 11) is 1.80. The second kappa shape index (κ2) is 7.31. The lowest BCUT2D eigenvalue weighted by molar-refractivity contribution is 0.0146. The van der Waals surface area contributed by atoms with E-state index in [0.29, 0.717) is 17.7 Å². The maximum atomic E-state index is 12.7. The Bertz CT molecular complexity index is 840. The summed E-state index contributed by atoms with van der Waals surface area (Å²) in [5, 5.41) is 18.6. The molecule has 0 aliphatic heterocycles. The third-order valence-corrected chi connectivity index (χ3v) is 5.47. The lowest BCUT2D eigenvalue weighted by Crippen LogP contribution is -2.45. The SMILES string of the molecule is Cc1cc(C#N)ccc1-c1ccc(C(=O)N(C)CC2(CO)CCC2)cc1. The first kappa shape index (κ1) is 18.2. The Morgan fingerprint density at radius 3 is 2.42 bits per heavy atom. The monoisotopic (exact) mass is 348 g/mol. The zero-order chi connectivity index (χ0) is 18.7. The quantitative estimate of drug-likeness (QED) is 0.894. The van der Waals surface area contributed by atoms with Gasteiger partial charge in [-0.3, -0.25) is 4.79 Å². The predicted octanol–water partition coefficient (Wildman–Crippen LogP) is 3.77. The lowest BCUT2D eigenvalue weighted by atomic mass is 9.69. The first-order valence-corrected chi connectivity index (χ1v) is 8.95. The smallest absolute Gasteiger partial charge is 0.253 e. The molecule has 1 saturated carbocycles. The van der Waals surface area contributed by atoms with Crippen molar-refractivity contribution in [2.45, 2.75) is 26.2 Å². The van der Waals surface area contributed by atoms with Crippen LogP contribution in [0.4, 0.5) is 0 Å². The molecule has 2 aromatic carbocycles. The summed E-state index contributed by atoms with van der Waals surface area (Å²) in [6.45, 7) is 2.72. The topological polar surface area (TPSA) is 64.3 Å². The van der Waals surface area contributed by atoms with E-state index in [2.05, 4.69) is 6.07 Å². The van der Waals surface area contributed by atoms with Crippen LogP contribution in [0.1, 0.15) is 40.7 Å². The maximum absolute atomic E-state index is 12.7. The second-order valence-electron chi connectivity index (χ2n) is 7.39. The van der Waals surface area contributed by atoms with E-state index in [9.17, 15) is 9.90 Å². The molecule has 1 amide bonds. The number of nitriles is 1. The maximum Gasteiger partial charge on any atom is 0.253 e. The summed E-state index contributed by atoms with van der Waals surface area (Å²) in [6.07, 6.45) is 3.09. The molecule has 2 aromatic rings. The molecule has 0 unspecified atom stereocenters. The molecule has 1 N–H and O–H groups in total. The van der Waals surface area contributed by atoms with Crippen LogP contribution in [0, 0.1) is 23.7 Å². The number of nitrogens with zero attached hydrogens (tertiary/aromatic N) is 2. The van der Waals surface area contributed by atoms with Crippen molar-refractivity contribution in [3.05, 3.63) is 59.2 Å². The van der Waals surface area contributed by atoms with Crippen LogP contribution in [0.25, 0.3) is 11.1 Å². The van der Waals surface area contributed by atoms with Crippen LogP contribution < -0.4 is 0 Å². The van der Waals surface area contributed by atoms with E-state index in [0.717, 1.165) is 36.0 Å². The third kappa shape index (κ3) is 3.49. The largest absolute Gasteiger partial charge is 0.396 e. The molecular formula is C22H24N2O2. The molecule has 0 radical (unpaired) electrons. The number of rotatable bonds is 5. The van der Waals surface area contributed by atoms with Crippen molar-refractivity contribution in [1.29, 1.82) is 5.26 Å².